The van der Waals surface area contributed by atoms with Gasteiger partial charge in [0.1, 0.15) is 6.61 Å². The molecule has 0 fully saturated rings. The molecule has 7 heteroatoms. The lowest BCUT2D eigenvalue weighted by Crippen LogP contribution is -2.12. The van der Waals surface area contributed by atoms with E-state index in [0.29, 0.717) is 17.0 Å². The third-order valence-corrected chi connectivity index (χ3v) is 3.66. The Bertz CT molecular complexity index is 638. The first-order valence-electron chi connectivity index (χ1n) is 5.82. The fourth-order valence-electron chi connectivity index (χ4n) is 1.66. The summed E-state index contributed by atoms with van der Waals surface area (Å²) in [5, 5.41) is 16.5. The summed E-state index contributed by atoms with van der Waals surface area (Å²) >= 11 is 1.46. The van der Waals surface area contributed by atoms with Gasteiger partial charge in [0, 0.05) is 17.2 Å². The second kappa shape index (κ2) is 6.16. The van der Waals surface area contributed by atoms with Crippen LogP contribution in [-0.2, 0) is 11.4 Å². The van der Waals surface area contributed by atoms with Crippen LogP contribution in [0.2, 0.25) is 0 Å². The Morgan fingerprint density at radius 3 is 2.90 bits per heavy atom. The fourth-order valence-corrected chi connectivity index (χ4v) is 2.28. The number of rotatable bonds is 5. The van der Waals surface area contributed by atoms with Crippen LogP contribution in [0.1, 0.15) is 16.0 Å². The highest BCUT2D eigenvalue weighted by Gasteiger charge is 2.13. The van der Waals surface area contributed by atoms with Crippen LogP contribution in [0.25, 0.3) is 0 Å². The average Bonchev–Trinajstić information content (AvgIpc) is 2.94. The molecule has 0 amide bonds. The van der Waals surface area contributed by atoms with Gasteiger partial charge in [0.05, 0.1) is 9.80 Å². The summed E-state index contributed by atoms with van der Waals surface area (Å²) in [6.45, 7) is 1.82. The van der Waals surface area contributed by atoms with E-state index in [0.717, 1.165) is 4.88 Å². The zero-order valence-electron chi connectivity index (χ0n) is 10.8. The van der Waals surface area contributed by atoms with Crippen LogP contribution in [-0.4, -0.2) is 10.8 Å². The molecule has 0 unspecified atom stereocenters. The minimum atomic E-state index is -0.415. The number of amidine groups is 1. The Labute approximate surface area is 119 Å². The summed E-state index contributed by atoms with van der Waals surface area (Å²) in [6, 6.07) is 8.55. The number of hydrogen-bond acceptors (Lipinski definition) is 5. The number of hydrogen-bond donors (Lipinski definition) is 1. The first kappa shape index (κ1) is 14.0. The van der Waals surface area contributed by atoms with E-state index in [1.165, 1.54) is 17.4 Å². The minimum Gasteiger partial charge on any atom is -0.389 e. The van der Waals surface area contributed by atoms with Crippen LogP contribution >= 0.6 is 11.3 Å². The first-order valence-corrected chi connectivity index (χ1v) is 6.69. The summed E-state index contributed by atoms with van der Waals surface area (Å²) < 4.78 is 0. The molecule has 104 valence electrons. The van der Waals surface area contributed by atoms with E-state index in [-0.39, 0.29) is 12.3 Å². The predicted molar refractivity (Wildman–Crippen MR) is 77.7 cm³/mol. The van der Waals surface area contributed by atoms with Gasteiger partial charge in [0.15, 0.2) is 5.84 Å². The second-order valence-corrected chi connectivity index (χ2v) is 4.99. The van der Waals surface area contributed by atoms with Crippen LogP contribution < -0.4 is 5.73 Å². The summed E-state index contributed by atoms with van der Waals surface area (Å²) in [4.78, 5) is 16.4. The highest BCUT2D eigenvalue weighted by molar-refractivity contribution is 7.12. The number of nitrogens with zero attached hydrogens (tertiary/aromatic N) is 2. The molecule has 0 atom stereocenters. The molecule has 0 saturated heterocycles. The zero-order valence-corrected chi connectivity index (χ0v) is 11.6. The molecule has 20 heavy (non-hydrogen) atoms. The summed E-state index contributed by atoms with van der Waals surface area (Å²) in [7, 11) is 0. The van der Waals surface area contributed by atoms with Crippen LogP contribution in [0.5, 0.6) is 0 Å². The van der Waals surface area contributed by atoms with Crippen LogP contribution in [0.3, 0.4) is 0 Å². The molecule has 6 nitrogen and oxygen atoms in total. The molecular weight excluding hydrogens is 278 g/mol. The van der Waals surface area contributed by atoms with Gasteiger partial charge < -0.3 is 10.6 Å². The molecule has 0 spiro atoms. The van der Waals surface area contributed by atoms with E-state index in [4.69, 9.17) is 10.6 Å². The van der Waals surface area contributed by atoms with E-state index >= 15 is 0 Å². The molecule has 0 radical (unpaired) electrons. The van der Waals surface area contributed by atoms with Crippen molar-refractivity contribution in [3.8, 4) is 0 Å². The maximum absolute atomic E-state index is 10.8. The quantitative estimate of drug-likeness (QED) is 0.397. The second-order valence-electron chi connectivity index (χ2n) is 4.05. The summed E-state index contributed by atoms with van der Waals surface area (Å²) in [6.07, 6.45) is 0. The maximum atomic E-state index is 10.8. The van der Waals surface area contributed by atoms with Crippen molar-refractivity contribution in [3.63, 3.8) is 0 Å². The fraction of sp³-hybridized carbons (Fsp3) is 0.154. The number of nitrogens with two attached hydrogens (primary N) is 1. The lowest BCUT2D eigenvalue weighted by Gasteiger charge is -2.05. The van der Waals surface area contributed by atoms with E-state index in [2.05, 4.69) is 5.16 Å². The Kier molecular flexibility index (Phi) is 4.31. The van der Waals surface area contributed by atoms with E-state index < -0.39 is 4.92 Å². The molecule has 0 saturated carbocycles. The predicted octanol–water partition coefficient (Wildman–Crippen LogP) is 2.80. The molecule has 2 N–H and O–H groups in total. The molecule has 0 bridgehead atoms. The van der Waals surface area contributed by atoms with Gasteiger partial charge in [-0.15, -0.1) is 11.3 Å². The molecule has 0 aliphatic heterocycles. The standard InChI is InChI=1S/C13H13N3O3S/c1-9-10(4-2-5-11(9)16(17)18)8-19-15-13(14)12-6-3-7-20-12/h2-7H,8H2,1H3,(H2,14,15). The number of thiophene rings is 1. The van der Waals surface area contributed by atoms with Crippen LogP contribution in [0.4, 0.5) is 5.69 Å². The Hall–Kier alpha value is -2.41. The monoisotopic (exact) mass is 291 g/mol. The van der Waals surface area contributed by atoms with E-state index in [9.17, 15) is 10.1 Å². The Morgan fingerprint density at radius 2 is 2.25 bits per heavy atom. The molecular formula is C13H13N3O3S. The largest absolute Gasteiger partial charge is 0.389 e. The normalized spacial score (nSPS) is 11.3. The number of nitro groups is 1. The third kappa shape index (κ3) is 3.12. The topological polar surface area (TPSA) is 90.8 Å². The molecule has 1 aromatic carbocycles. The van der Waals surface area contributed by atoms with Crippen molar-refractivity contribution in [1.82, 2.24) is 0 Å². The molecule has 0 aliphatic carbocycles. The average molecular weight is 291 g/mol. The highest BCUT2D eigenvalue weighted by atomic mass is 32.1. The molecule has 0 aliphatic rings. The lowest BCUT2D eigenvalue weighted by molar-refractivity contribution is -0.385. The summed E-state index contributed by atoms with van der Waals surface area (Å²) in [5.74, 6) is 0.295. The van der Waals surface area contributed by atoms with Crippen molar-refractivity contribution in [3.05, 3.63) is 61.8 Å². The van der Waals surface area contributed by atoms with Gasteiger partial charge in [-0.25, -0.2) is 0 Å². The van der Waals surface area contributed by atoms with Crippen molar-refractivity contribution >= 4 is 22.9 Å². The maximum Gasteiger partial charge on any atom is 0.272 e. The van der Waals surface area contributed by atoms with Gasteiger partial charge >= 0.3 is 0 Å². The lowest BCUT2D eigenvalue weighted by atomic mass is 10.1. The van der Waals surface area contributed by atoms with Crippen molar-refractivity contribution < 1.29 is 9.76 Å². The number of nitro benzene ring substituents is 1. The van der Waals surface area contributed by atoms with Gasteiger partial charge in [-0.3, -0.25) is 10.1 Å². The van der Waals surface area contributed by atoms with E-state index in [1.807, 2.05) is 17.5 Å². The van der Waals surface area contributed by atoms with Crippen molar-refractivity contribution in [1.29, 1.82) is 0 Å². The van der Waals surface area contributed by atoms with Crippen molar-refractivity contribution in [2.45, 2.75) is 13.5 Å². The zero-order chi connectivity index (χ0) is 14.5. The summed E-state index contributed by atoms with van der Waals surface area (Å²) in [5.41, 5.74) is 7.10. The van der Waals surface area contributed by atoms with Crippen molar-refractivity contribution in [2.24, 2.45) is 10.9 Å². The first-order chi connectivity index (χ1) is 9.59. The molecule has 2 rings (SSSR count). The van der Waals surface area contributed by atoms with Crippen molar-refractivity contribution in [2.75, 3.05) is 0 Å². The Balaban J connectivity index is 2.07. The molecule has 1 aromatic heterocycles. The number of benzene rings is 1. The third-order valence-electron chi connectivity index (χ3n) is 2.77. The van der Waals surface area contributed by atoms with E-state index in [1.54, 1.807) is 19.1 Å². The van der Waals surface area contributed by atoms with Crippen LogP contribution in [0.15, 0.2) is 40.9 Å². The minimum absolute atomic E-state index is 0.0707. The van der Waals surface area contributed by atoms with Gasteiger partial charge in [0.2, 0.25) is 0 Å². The number of oxime groups is 1. The highest BCUT2D eigenvalue weighted by Crippen LogP contribution is 2.21. The van der Waals surface area contributed by atoms with Gasteiger partial charge in [-0.2, -0.15) is 0 Å². The molecule has 2 aromatic rings. The van der Waals surface area contributed by atoms with Gasteiger partial charge in [-0.1, -0.05) is 23.4 Å². The SMILES string of the molecule is Cc1c(CO/N=C(/N)c2cccs2)cccc1[N+](=O)[O-]. The van der Waals surface area contributed by atoms with Crippen LogP contribution in [0, 0.1) is 17.0 Å². The smallest absolute Gasteiger partial charge is 0.272 e. The Morgan fingerprint density at radius 1 is 1.45 bits per heavy atom. The van der Waals surface area contributed by atoms with Gasteiger partial charge in [-0.05, 0) is 18.4 Å². The molecule has 1 heterocycles. The van der Waals surface area contributed by atoms with Gasteiger partial charge in [0.25, 0.3) is 5.69 Å².